The molecule has 126 valence electrons. The van der Waals surface area contributed by atoms with E-state index in [0.29, 0.717) is 17.1 Å². The van der Waals surface area contributed by atoms with Crippen molar-refractivity contribution < 1.29 is 19.4 Å². The molecule has 0 bridgehead atoms. The number of hydrogen-bond donors (Lipinski definition) is 2. The van der Waals surface area contributed by atoms with E-state index in [9.17, 15) is 9.90 Å². The average molecular weight is 458 g/mol. The van der Waals surface area contributed by atoms with Crippen LogP contribution < -0.4 is 14.9 Å². The summed E-state index contributed by atoms with van der Waals surface area (Å²) in [6.07, 6.45) is 1.35. The summed E-state index contributed by atoms with van der Waals surface area (Å²) in [7, 11) is 1.52. The van der Waals surface area contributed by atoms with Crippen LogP contribution in [-0.4, -0.2) is 30.9 Å². The zero-order chi connectivity index (χ0) is 17.5. The summed E-state index contributed by atoms with van der Waals surface area (Å²) < 4.78 is 12.2. The van der Waals surface area contributed by atoms with E-state index in [1.54, 1.807) is 30.3 Å². The van der Waals surface area contributed by atoms with Crippen molar-refractivity contribution in [3.8, 4) is 17.2 Å². The lowest BCUT2D eigenvalue weighted by molar-refractivity contribution is -0.123. The molecule has 0 atom stereocenters. The summed E-state index contributed by atoms with van der Waals surface area (Å²) >= 11 is 6.62. The highest BCUT2D eigenvalue weighted by atomic mass is 79.9. The van der Waals surface area contributed by atoms with Gasteiger partial charge in [0.05, 0.1) is 13.3 Å². The largest absolute Gasteiger partial charge is 0.507 e. The van der Waals surface area contributed by atoms with Gasteiger partial charge in [-0.1, -0.05) is 31.9 Å². The molecule has 0 aliphatic carbocycles. The molecule has 2 rings (SSSR count). The summed E-state index contributed by atoms with van der Waals surface area (Å²) in [6.45, 7) is -0.222. The number of amides is 1. The maximum Gasteiger partial charge on any atom is 0.277 e. The van der Waals surface area contributed by atoms with Crippen molar-refractivity contribution >= 4 is 44.0 Å². The number of carbonyl (C=O) groups is 1. The lowest BCUT2D eigenvalue weighted by Crippen LogP contribution is -2.24. The fourth-order valence-electron chi connectivity index (χ4n) is 1.74. The molecular formula is C16H14Br2N2O4. The first-order valence-corrected chi connectivity index (χ1v) is 8.35. The third-order valence-electron chi connectivity index (χ3n) is 2.87. The van der Waals surface area contributed by atoms with E-state index in [-0.39, 0.29) is 12.4 Å². The Morgan fingerprint density at radius 2 is 1.92 bits per heavy atom. The lowest BCUT2D eigenvalue weighted by Gasteiger charge is -2.10. The van der Waals surface area contributed by atoms with Gasteiger partial charge in [-0.15, -0.1) is 0 Å². The van der Waals surface area contributed by atoms with E-state index < -0.39 is 5.91 Å². The van der Waals surface area contributed by atoms with E-state index in [2.05, 4.69) is 42.4 Å². The smallest absolute Gasteiger partial charge is 0.277 e. The number of halogens is 2. The number of benzene rings is 2. The third kappa shape index (κ3) is 5.24. The Balaban J connectivity index is 1.90. The molecule has 24 heavy (non-hydrogen) atoms. The number of phenols is 1. The molecule has 0 saturated carbocycles. The maximum atomic E-state index is 11.8. The highest BCUT2D eigenvalue weighted by Crippen LogP contribution is 2.30. The molecule has 6 nitrogen and oxygen atoms in total. The summed E-state index contributed by atoms with van der Waals surface area (Å²) in [5.41, 5.74) is 2.80. The van der Waals surface area contributed by atoms with Crippen molar-refractivity contribution in [3.05, 3.63) is 50.9 Å². The van der Waals surface area contributed by atoms with E-state index >= 15 is 0 Å². The monoisotopic (exact) mass is 456 g/mol. The first-order chi connectivity index (χ1) is 11.5. The van der Waals surface area contributed by atoms with E-state index in [1.807, 2.05) is 0 Å². The molecule has 8 heteroatoms. The topological polar surface area (TPSA) is 80.2 Å². The number of methoxy groups -OCH3 is 1. The normalized spacial score (nSPS) is 10.6. The van der Waals surface area contributed by atoms with Crippen LogP contribution >= 0.6 is 31.9 Å². The van der Waals surface area contributed by atoms with Crippen LogP contribution in [0.1, 0.15) is 5.56 Å². The van der Waals surface area contributed by atoms with Crippen LogP contribution in [0, 0.1) is 0 Å². The van der Waals surface area contributed by atoms with Gasteiger partial charge in [-0.05, 0) is 36.4 Å². The van der Waals surface area contributed by atoms with Crippen molar-refractivity contribution in [3.63, 3.8) is 0 Å². The average Bonchev–Trinajstić information content (AvgIpc) is 2.56. The Hall–Kier alpha value is -2.06. The minimum absolute atomic E-state index is 0.0621. The number of ether oxygens (including phenoxy) is 2. The second-order valence-electron chi connectivity index (χ2n) is 4.58. The van der Waals surface area contributed by atoms with Crippen LogP contribution in [0.3, 0.4) is 0 Å². The number of carbonyl (C=O) groups excluding carboxylic acids is 1. The van der Waals surface area contributed by atoms with Crippen LogP contribution in [0.5, 0.6) is 17.2 Å². The number of nitrogens with one attached hydrogen (secondary N) is 1. The molecule has 0 fully saturated rings. The standard InChI is InChI=1S/C16H14Br2N2O4/c1-23-15-7-12(18)3-5-14(15)24-9-16(22)20-19-8-10-6-11(17)2-4-13(10)21/h2-8,21H,9H2,1H3,(H,20,22)/b19-8-. The predicted molar refractivity (Wildman–Crippen MR) is 97.7 cm³/mol. The van der Waals surface area contributed by atoms with E-state index in [1.165, 1.54) is 19.4 Å². The second-order valence-corrected chi connectivity index (χ2v) is 6.41. The number of aromatic hydroxyl groups is 1. The van der Waals surface area contributed by atoms with Gasteiger partial charge in [0.15, 0.2) is 18.1 Å². The van der Waals surface area contributed by atoms with Crippen LogP contribution in [0.2, 0.25) is 0 Å². The van der Waals surface area contributed by atoms with Crippen molar-refractivity contribution in [2.45, 2.75) is 0 Å². The molecule has 0 aromatic heterocycles. The lowest BCUT2D eigenvalue weighted by atomic mass is 10.2. The van der Waals surface area contributed by atoms with Gasteiger partial charge in [0, 0.05) is 14.5 Å². The van der Waals surface area contributed by atoms with E-state index in [0.717, 1.165) is 8.95 Å². The van der Waals surface area contributed by atoms with Crippen LogP contribution in [0.25, 0.3) is 0 Å². The molecule has 0 radical (unpaired) electrons. The summed E-state index contributed by atoms with van der Waals surface area (Å²) in [6, 6.07) is 10.1. The molecule has 0 aliphatic rings. The summed E-state index contributed by atoms with van der Waals surface area (Å²) in [5.74, 6) is 0.585. The van der Waals surface area contributed by atoms with Crippen molar-refractivity contribution in [2.75, 3.05) is 13.7 Å². The van der Waals surface area contributed by atoms with Gasteiger partial charge in [0.1, 0.15) is 5.75 Å². The first-order valence-electron chi connectivity index (χ1n) is 6.76. The molecule has 2 N–H and O–H groups in total. The number of hydrazone groups is 1. The number of rotatable bonds is 6. The molecule has 0 heterocycles. The van der Waals surface area contributed by atoms with Crippen molar-refractivity contribution in [1.29, 1.82) is 0 Å². The van der Waals surface area contributed by atoms with Gasteiger partial charge in [0.2, 0.25) is 0 Å². The Bertz CT molecular complexity index is 766. The van der Waals surface area contributed by atoms with Crippen LogP contribution in [-0.2, 0) is 4.79 Å². The van der Waals surface area contributed by atoms with Gasteiger partial charge in [0.25, 0.3) is 5.91 Å². The zero-order valence-electron chi connectivity index (χ0n) is 12.6. The highest BCUT2D eigenvalue weighted by molar-refractivity contribution is 9.10. The molecule has 0 aliphatic heterocycles. The maximum absolute atomic E-state index is 11.8. The highest BCUT2D eigenvalue weighted by Gasteiger charge is 2.07. The van der Waals surface area contributed by atoms with Crippen LogP contribution in [0.15, 0.2) is 50.4 Å². The second kappa shape index (κ2) is 8.70. The molecule has 1 amide bonds. The van der Waals surface area contributed by atoms with Gasteiger partial charge >= 0.3 is 0 Å². The number of hydrogen-bond acceptors (Lipinski definition) is 5. The minimum Gasteiger partial charge on any atom is -0.507 e. The van der Waals surface area contributed by atoms with Crippen molar-refractivity contribution in [1.82, 2.24) is 5.43 Å². The van der Waals surface area contributed by atoms with E-state index in [4.69, 9.17) is 9.47 Å². The molecule has 0 unspecified atom stereocenters. The van der Waals surface area contributed by atoms with Gasteiger partial charge in [-0.3, -0.25) is 4.79 Å². The Labute approximate surface area is 155 Å². The Kier molecular flexibility index (Phi) is 6.62. The number of phenolic OH excluding ortho intramolecular Hbond substituents is 1. The quantitative estimate of drug-likeness (QED) is 0.514. The molecule has 2 aromatic carbocycles. The van der Waals surface area contributed by atoms with Crippen LogP contribution in [0.4, 0.5) is 0 Å². The Morgan fingerprint density at radius 1 is 1.21 bits per heavy atom. The fourth-order valence-corrected chi connectivity index (χ4v) is 2.46. The van der Waals surface area contributed by atoms with Crippen molar-refractivity contribution in [2.24, 2.45) is 5.10 Å². The third-order valence-corrected chi connectivity index (χ3v) is 3.85. The SMILES string of the molecule is COc1cc(Br)ccc1OCC(=O)N/N=C\c1cc(Br)ccc1O. The fraction of sp³-hybridized carbons (Fsp3) is 0.125. The molecular weight excluding hydrogens is 444 g/mol. The predicted octanol–water partition coefficient (Wildman–Crippen LogP) is 3.45. The Morgan fingerprint density at radius 3 is 2.67 bits per heavy atom. The number of nitrogens with zero attached hydrogens (tertiary/aromatic N) is 1. The molecule has 2 aromatic rings. The molecule has 0 saturated heterocycles. The van der Waals surface area contributed by atoms with Gasteiger partial charge < -0.3 is 14.6 Å². The first kappa shape index (κ1) is 18.3. The summed E-state index contributed by atoms with van der Waals surface area (Å²) in [4.78, 5) is 11.8. The minimum atomic E-state index is -0.439. The summed E-state index contributed by atoms with van der Waals surface area (Å²) in [5, 5.41) is 13.5. The van der Waals surface area contributed by atoms with Gasteiger partial charge in [-0.25, -0.2) is 5.43 Å². The zero-order valence-corrected chi connectivity index (χ0v) is 15.8. The molecule has 0 spiro atoms. The van der Waals surface area contributed by atoms with Gasteiger partial charge in [-0.2, -0.15) is 5.10 Å².